The van der Waals surface area contributed by atoms with Gasteiger partial charge in [0.2, 0.25) is 0 Å². The fraction of sp³-hybridized carbons (Fsp3) is 0.767. The smallest absolute Gasteiger partial charge is 0.188 e. The van der Waals surface area contributed by atoms with Crippen LogP contribution >= 0.6 is 0 Å². The van der Waals surface area contributed by atoms with Crippen LogP contribution in [-0.2, 0) is 16.1 Å². The normalized spacial score (nSPS) is 42.5. The molecule has 1 aromatic heterocycles. The largest absolute Gasteiger partial charge is 0.390 e. The van der Waals surface area contributed by atoms with Crippen LogP contribution in [0.25, 0.3) is 11.0 Å². The number of carbonyl (C=O) groups excluding carboxylic acids is 1. The summed E-state index contributed by atoms with van der Waals surface area (Å²) in [5, 5.41) is 18.7. The lowest BCUT2D eigenvalue weighted by Crippen LogP contribution is -2.62. The monoisotopic (exact) mass is 529 g/mol. The standard InChI is InChI=1S/C30H41F2N3O3/c1-27(37)13-14-30(17-38-4)18(15-27)9-11-29(3)23-8-5-19(28(23,2)12-10-24(29)30)22(36)16-35-21-7-6-20(31)25(32)26(21)33-34-35/h6-7,18-19,23-24,37H,5,8-17H2,1-4H3/t18-,19-,23+,24?,27-,28-,29+,30-/m1/s1. The SMILES string of the molecule is COC[C@]12CC[C@@](C)(O)C[C@H]1CC[C@]1(C)C2CC[C@]2(C)[C@@H](C(=O)Cn3nnc4c(F)c(F)ccc43)CC[C@@H]21. The summed E-state index contributed by atoms with van der Waals surface area (Å²) in [6.45, 7) is 7.57. The van der Waals surface area contributed by atoms with Gasteiger partial charge in [0.25, 0.3) is 0 Å². The second kappa shape index (κ2) is 8.79. The number of ether oxygens (including phenoxy) is 1. The molecule has 0 bridgehead atoms. The number of aliphatic hydroxyl groups is 1. The Morgan fingerprint density at radius 2 is 1.82 bits per heavy atom. The van der Waals surface area contributed by atoms with Crippen LogP contribution in [0.15, 0.2) is 12.1 Å². The highest BCUT2D eigenvalue weighted by atomic mass is 19.2. The molecule has 0 amide bonds. The highest BCUT2D eigenvalue weighted by Crippen LogP contribution is 2.72. The van der Waals surface area contributed by atoms with Crippen molar-refractivity contribution < 1.29 is 23.4 Å². The molecule has 0 aliphatic heterocycles. The molecular weight excluding hydrogens is 488 g/mol. The number of benzene rings is 1. The number of Topliss-reactive ketones (excluding diaryl/α,β-unsaturated/α-hetero) is 1. The molecule has 0 spiro atoms. The van der Waals surface area contributed by atoms with Crippen molar-refractivity contribution >= 4 is 16.8 Å². The Bertz CT molecular complexity index is 1260. The summed E-state index contributed by atoms with van der Waals surface area (Å²) < 4.78 is 35.2. The topological polar surface area (TPSA) is 77.2 Å². The number of ketones is 1. The van der Waals surface area contributed by atoms with E-state index in [1.807, 2.05) is 14.0 Å². The van der Waals surface area contributed by atoms with E-state index in [2.05, 4.69) is 24.2 Å². The zero-order chi connectivity index (χ0) is 27.1. The van der Waals surface area contributed by atoms with Crippen LogP contribution in [0.4, 0.5) is 8.78 Å². The molecule has 4 saturated carbocycles. The molecule has 38 heavy (non-hydrogen) atoms. The lowest BCUT2D eigenvalue weighted by atomic mass is 9.38. The van der Waals surface area contributed by atoms with E-state index in [1.54, 1.807) is 0 Å². The van der Waals surface area contributed by atoms with E-state index in [0.29, 0.717) is 23.3 Å². The molecule has 1 unspecified atom stereocenters. The van der Waals surface area contributed by atoms with Crippen molar-refractivity contribution in [1.82, 2.24) is 15.0 Å². The van der Waals surface area contributed by atoms with Crippen LogP contribution in [0.2, 0.25) is 0 Å². The first-order chi connectivity index (χ1) is 17.9. The first kappa shape index (κ1) is 26.3. The molecule has 1 N–H and O–H groups in total. The molecule has 4 fully saturated rings. The van der Waals surface area contributed by atoms with Crippen LogP contribution < -0.4 is 0 Å². The van der Waals surface area contributed by atoms with Gasteiger partial charge in [-0.1, -0.05) is 19.1 Å². The van der Waals surface area contributed by atoms with Crippen LogP contribution in [0.5, 0.6) is 0 Å². The number of nitrogens with zero attached hydrogens (tertiary/aromatic N) is 3. The third kappa shape index (κ3) is 3.65. The van der Waals surface area contributed by atoms with Crippen molar-refractivity contribution in [1.29, 1.82) is 0 Å². The molecule has 6 nitrogen and oxygen atoms in total. The Morgan fingerprint density at radius 3 is 2.58 bits per heavy atom. The van der Waals surface area contributed by atoms with Gasteiger partial charge in [-0.15, -0.1) is 5.10 Å². The maximum atomic E-state index is 14.2. The molecular formula is C30H41F2N3O3. The molecule has 0 saturated heterocycles. The minimum atomic E-state index is -1.02. The predicted octanol–water partition coefficient (Wildman–Crippen LogP) is 5.71. The van der Waals surface area contributed by atoms with Crippen LogP contribution in [-0.4, -0.2) is 45.2 Å². The Kier molecular flexibility index (Phi) is 6.08. The average molecular weight is 530 g/mol. The number of methoxy groups -OCH3 is 1. The van der Waals surface area contributed by atoms with Gasteiger partial charge < -0.3 is 9.84 Å². The number of hydrogen-bond donors (Lipinski definition) is 1. The number of aromatic nitrogens is 3. The van der Waals surface area contributed by atoms with Gasteiger partial charge in [0, 0.05) is 18.4 Å². The fourth-order valence-corrected chi connectivity index (χ4v) is 10.3. The molecule has 2 aromatic rings. The minimum Gasteiger partial charge on any atom is -0.390 e. The average Bonchev–Trinajstić information content (AvgIpc) is 3.43. The van der Waals surface area contributed by atoms with Crippen molar-refractivity contribution in [3.05, 3.63) is 23.8 Å². The Hall–Kier alpha value is -1.93. The van der Waals surface area contributed by atoms with E-state index in [-0.39, 0.29) is 40.0 Å². The second-order valence-corrected chi connectivity index (χ2v) is 13.8. The minimum absolute atomic E-state index is 0.0272. The van der Waals surface area contributed by atoms with Gasteiger partial charge in [-0.25, -0.2) is 13.5 Å². The third-order valence-electron chi connectivity index (χ3n) is 11.9. The molecule has 8 atom stereocenters. The number of hydrogen-bond acceptors (Lipinski definition) is 5. The maximum absolute atomic E-state index is 14.2. The molecule has 1 aromatic carbocycles. The van der Waals surface area contributed by atoms with E-state index in [0.717, 1.165) is 70.5 Å². The zero-order valence-corrected chi connectivity index (χ0v) is 23.1. The van der Waals surface area contributed by atoms with Gasteiger partial charge in [0.15, 0.2) is 22.9 Å². The molecule has 0 radical (unpaired) electrons. The maximum Gasteiger partial charge on any atom is 0.188 e. The van der Waals surface area contributed by atoms with Gasteiger partial charge in [-0.05, 0) is 105 Å². The summed E-state index contributed by atoms with van der Waals surface area (Å²) in [7, 11) is 1.82. The van der Waals surface area contributed by atoms with Crippen LogP contribution in [0, 0.1) is 51.6 Å². The lowest BCUT2D eigenvalue weighted by molar-refractivity contribution is -0.208. The fourth-order valence-electron chi connectivity index (χ4n) is 10.3. The zero-order valence-electron chi connectivity index (χ0n) is 23.1. The summed E-state index contributed by atoms with van der Waals surface area (Å²) in [5.41, 5.74) is -0.261. The van der Waals surface area contributed by atoms with Gasteiger partial charge in [0.1, 0.15) is 6.54 Å². The summed E-state index contributed by atoms with van der Waals surface area (Å²) in [6, 6.07) is 2.51. The first-order valence-electron chi connectivity index (χ1n) is 14.4. The summed E-state index contributed by atoms with van der Waals surface area (Å²) in [4.78, 5) is 13.8. The summed E-state index contributed by atoms with van der Waals surface area (Å²) >= 11 is 0. The number of halogens is 2. The quantitative estimate of drug-likeness (QED) is 0.537. The van der Waals surface area contributed by atoms with Gasteiger partial charge in [0.05, 0.1) is 17.7 Å². The number of carbonyl (C=O) groups is 1. The highest BCUT2D eigenvalue weighted by Gasteiger charge is 2.67. The molecule has 4 aliphatic rings. The molecule has 6 rings (SSSR count). The summed E-state index contributed by atoms with van der Waals surface area (Å²) in [5.74, 6) is -0.522. The molecule has 1 heterocycles. The van der Waals surface area contributed by atoms with Crippen LogP contribution in [0.1, 0.15) is 78.6 Å². The second-order valence-electron chi connectivity index (χ2n) is 13.8. The summed E-state index contributed by atoms with van der Waals surface area (Å²) in [6.07, 6.45) is 8.86. The van der Waals surface area contributed by atoms with Gasteiger partial charge in [-0.2, -0.15) is 0 Å². The van der Waals surface area contributed by atoms with Crippen LogP contribution in [0.3, 0.4) is 0 Å². The van der Waals surface area contributed by atoms with Crippen molar-refractivity contribution in [3.63, 3.8) is 0 Å². The first-order valence-corrected chi connectivity index (χ1v) is 14.4. The van der Waals surface area contributed by atoms with Crippen molar-refractivity contribution in [2.45, 2.75) is 90.7 Å². The van der Waals surface area contributed by atoms with E-state index in [1.165, 1.54) is 10.7 Å². The third-order valence-corrected chi connectivity index (χ3v) is 11.9. The van der Waals surface area contributed by atoms with Gasteiger partial charge >= 0.3 is 0 Å². The van der Waals surface area contributed by atoms with E-state index >= 15 is 0 Å². The Morgan fingerprint density at radius 1 is 1.05 bits per heavy atom. The molecule has 208 valence electrons. The van der Waals surface area contributed by atoms with Crippen molar-refractivity contribution in [2.75, 3.05) is 13.7 Å². The molecule has 4 aliphatic carbocycles. The van der Waals surface area contributed by atoms with Crippen molar-refractivity contribution in [3.8, 4) is 0 Å². The number of fused-ring (bicyclic) bond motifs is 6. The van der Waals surface area contributed by atoms with Gasteiger partial charge in [-0.3, -0.25) is 4.79 Å². The molecule has 8 heteroatoms. The van der Waals surface area contributed by atoms with E-state index in [9.17, 15) is 18.7 Å². The van der Waals surface area contributed by atoms with Crippen molar-refractivity contribution in [2.24, 2.45) is 39.9 Å². The van der Waals surface area contributed by atoms with E-state index in [4.69, 9.17) is 4.74 Å². The lowest BCUT2D eigenvalue weighted by Gasteiger charge is -2.67. The number of rotatable bonds is 5. The Balaban J connectivity index is 1.27. The highest BCUT2D eigenvalue weighted by molar-refractivity contribution is 5.84. The predicted molar refractivity (Wildman–Crippen MR) is 139 cm³/mol. The Labute approximate surface area is 223 Å². The van der Waals surface area contributed by atoms with E-state index < -0.39 is 17.2 Å².